The molecule has 1 saturated carbocycles. The second kappa shape index (κ2) is 13.9. The van der Waals surface area contributed by atoms with Gasteiger partial charge in [0, 0.05) is 30.8 Å². The highest BCUT2D eigenvalue weighted by atomic mass is 35.5. The van der Waals surface area contributed by atoms with E-state index in [2.05, 4.69) is 4.98 Å². The second-order valence-electron chi connectivity index (χ2n) is 10.6. The van der Waals surface area contributed by atoms with Gasteiger partial charge in [-0.25, -0.2) is 13.8 Å². The molecule has 11 heteroatoms. The van der Waals surface area contributed by atoms with Gasteiger partial charge in [0.05, 0.1) is 26.5 Å². The molecule has 41 heavy (non-hydrogen) atoms. The van der Waals surface area contributed by atoms with E-state index in [4.69, 9.17) is 21.1 Å². The van der Waals surface area contributed by atoms with Gasteiger partial charge < -0.3 is 19.3 Å². The summed E-state index contributed by atoms with van der Waals surface area (Å²) in [7, 11) is 9.06. The molecule has 1 unspecified atom stereocenters. The van der Waals surface area contributed by atoms with Crippen LogP contribution in [0, 0.1) is 29.4 Å². The predicted octanol–water partition coefficient (Wildman–Crippen LogP) is 7.30. The van der Waals surface area contributed by atoms with Crippen molar-refractivity contribution in [2.45, 2.75) is 30.7 Å². The van der Waals surface area contributed by atoms with Gasteiger partial charge in [0.2, 0.25) is 5.95 Å². The van der Waals surface area contributed by atoms with Crippen LogP contribution >= 0.6 is 23.5 Å². The molecule has 1 aliphatic carbocycles. The number of aromatic nitrogens is 1. The van der Waals surface area contributed by atoms with Crippen molar-refractivity contribution in [2.24, 2.45) is 11.8 Å². The lowest BCUT2D eigenvalue weighted by molar-refractivity contribution is 0.391. The summed E-state index contributed by atoms with van der Waals surface area (Å²) in [5, 5.41) is -0.116. The normalized spacial score (nSPS) is 16.4. The first kappa shape index (κ1) is 31.1. The first-order chi connectivity index (χ1) is 19.6. The van der Waals surface area contributed by atoms with E-state index in [0.29, 0.717) is 28.7 Å². The van der Waals surface area contributed by atoms with Gasteiger partial charge in [0.25, 0.3) is 0 Å². The number of rotatable bonds is 9. The smallest absolute Gasteiger partial charge is 0.214 e. The summed E-state index contributed by atoms with van der Waals surface area (Å²) in [6.45, 7) is 1.59. The highest BCUT2D eigenvalue weighted by molar-refractivity contribution is 8.00. The minimum Gasteiger partial charge on any atom is -0.497 e. The standard InChI is InChI=1S/C27H27ClF3N3O2S.C3H9N/c1-35-19-9-8-18(22(12-19)36-2)15-34(24-5-3-4-23(30)32-24)37-27-20(29)13-21(25(28)26(27)31)33-11-10-17(14-33)16-6-7-16;1-4(2)3/h3-5,8-9,12-13,16-17H,6-7,10-11,14-15H2,1-2H3;1-3H3. The quantitative estimate of drug-likeness (QED) is 0.143. The largest absolute Gasteiger partial charge is 0.497 e. The Morgan fingerprint density at radius 3 is 2.37 bits per heavy atom. The van der Waals surface area contributed by atoms with Gasteiger partial charge in [-0.2, -0.15) is 4.39 Å². The Hall–Kier alpha value is -2.82. The third-order valence-electron chi connectivity index (χ3n) is 6.92. The van der Waals surface area contributed by atoms with Gasteiger partial charge in [0.15, 0.2) is 5.82 Å². The van der Waals surface area contributed by atoms with E-state index >= 15 is 8.78 Å². The van der Waals surface area contributed by atoms with Gasteiger partial charge in [-0.1, -0.05) is 17.7 Å². The molecule has 2 aliphatic rings. The van der Waals surface area contributed by atoms with Crippen molar-refractivity contribution in [1.82, 2.24) is 9.88 Å². The number of hydrogen-bond acceptors (Lipinski definition) is 7. The maximum atomic E-state index is 15.6. The van der Waals surface area contributed by atoms with Crippen molar-refractivity contribution >= 4 is 35.1 Å². The van der Waals surface area contributed by atoms with Gasteiger partial charge in [0.1, 0.15) is 33.1 Å². The zero-order chi connectivity index (χ0) is 29.7. The molecule has 2 heterocycles. The third kappa shape index (κ3) is 7.93. The highest BCUT2D eigenvalue weighted by Crippen LogP contribution is 2.45. The van der Waals surface area contributed by atoms with Gasteiger partial charge in [-0.05, 0) is 88.5 Å². The van der Waals surface area contributed by atoms with Gasteiger partial charge >= 0.3 is 0 Å². The number of ether oxygens (including phenoxy) is 2. The van der Waals surface area contributed by atoms with Crippen LogP contribution in [-0.4, -0.2) is 58.3 Å². The maximum absolute atomic E-state index is 15.6. The number of anilines is 2. The molecule has 2 aromatic carbocycles. The van der Waals surface area contributed by atoms with Crippen LogP contribution in [0.15, 0.2) is 47.4 Å². The minimum atomic E-state index is -0.848. The zero-order valence-corrected chi connectivity index (χ0v) is 25.5. The summed E-state index contributed by atoms with van der Waals surface area (Å²) >= 11 is 7.24. The third-order valence-corrected chi connectivity index (χ3v) is 8.37. The van der Waals surface area contributed by atoms with E-state index in [0.717, 1.165) is 37.4 Å². The Bertz CT molecular complexity index is 1340. The first-order valence-electron chi connectivity index (χ1n) is 13.4. The fourth-order valence-corrected chi connectivity index (χ4v) is 6.05. The number of pyridine rings is 1. The Morgan fingerprint density at radius 2 is 1.73 bits per heavy atom. The van der Waals surface area contributed by atoms with E-state index in [1.807, 2.05) is 30.9 Å². The number of benzene rings is 2. The molecule has 0 radical (unpaired) electrons. The number of halogens is 4. The van der Waals surface area contributed by atoms with Crippen LogP contribution in [0.3, 0.4) is 0 Å². The molecule has 222 valence electrons. The van der Waals surface area contributed by atoms with Crippen molar-refractivity contribution in [3.05, 3.63) is 70.6 Å². The Labute approximate surface area is 249 Å². The average Bonchev–Trinajstić information content (AvgIpc) is 3.68. The summed E-state index contributed by atoms with van der Waals surface area (Å²) < 4.78 is 57.3. The summed E-state index contributed by atoms with van der Waals surface area (Å²) in [5.74, 6) is 0.260. The average molecular weight is 609 g/mol. The number of methoxy groups -OCH3 is 2. The lowest BCUT2D eigenvalue weighted by Gasteiger charge is -2.25. The molecule has 3 aromatic rings. The Kier molecular flexibility index (Phi) is 10.5. The van der Waals surface area contributed by atoms with E-state index in [1.54, 1.807) is 31.4 Å². The molecular formula is C30H36ClF3N4O2S. The molecule has 6 nitrogen and oxygen atoms in total. The van der Waals surface area contributed by atoms with Crippen LogP contribution in [-0.2, 0) is 6.54 Å². The van der Waals surface area contributed by atoms with Crippen molar-refractivity contribution in [2.75, 3.05) is 57.7 Å². The highest BCUT2D eigenvalue weighted by Gasteiger charge is 2.37. The van der Waals surface area contributed by atoms with E-state index in [1.165, 1.54) is 42.5 Å². The fraction of sp³-hybridized carbons (Fsp3) is 0.433. The molecule has 0 spiro atoms. The minimum absolute atomic E-state index is 0.113. The fourth-order valence-electron chi connectivity index (χ4n) is 4.78. The molecular weight excluding hydrogens is 573 g/mol. The monoisotopic (exact) mass is 608 g/mol. The molecule has 0 N–H and O–H groups in total. The van der Waals surface area contributed by atoms with E-state index in [9.17, 15) is 4.39 Å². The van der Waals surface area contributed by atoms with Crippen LogP contribution in [0.1, 0.15) is 24.8 Å². The van der Waals surface area contributed by atoms with Gasteiger partial charge in [-0.15, -0.1) is 0 Å². The Balaban J connectivity index is 0.000000909. The Morgan fingerprint density at radius 1 is 1.00 bits per heavy atom. The summed E-state index contributed by atoms with van der Waals surface area (Å²) in [6, 6.07) is 10.8. The van der Waals surface area contributed by atoms with E-state index in [-0.39, 0.29) is 22.3 Å². The maximum Gasteiger partial charge on any atom is 0.214 e. The number of nitrogens with zero attached hydrogens (tertiary/aromatic N) is 4. The second-order valence-corrected chi connectivity index (χ2v) is 12.0. The summed E-state index contributed by atoms with van der Waals surface area (Å²) in [6.07, 6.45) is 3.46. The summed E-state index contributed by atoms with van der Waals surface area (Å²) in [4.78, 5) is 7.62. The molecule has 2 fully saturated rings. The topological polar surface area (TPSA) is 41.1 Å². The van der Waals surface area contributed by atoms with Gasteiger partial charge in [-0.3, -0.25) is 4.31 Å². The van der Waals surface area contributed by atoms with Crippen LogP contribution in [0.4, 0.5) is 24.7 Å². The van der Waals surface area contributed by atoms with Crippen LogP contribution in [0.25, 0.3) is 0 Å². The van der Waals surface area contributed by atoms with Crippen molar-refractivity contribution in [1.29, 1.82) is 0 Å². The molecule has 0 amide bonds. The molecule has 0 bridgehead atoms. The molecule has 5 rings (SSSR count). The van der Waals surface area contributed by atoms with Crippen LogP contribution in [0.5, 0.6) is 11.5 Å². The van der Waals surface area contributed by atoms with Crippen LogP contribution < -0.4 is 18.7 Å². The first-order valence-corrected chi connectivity index (χ1v) is 14.6. The number of hydrogen-bond donors (Lipinski definition) is 0. The molecule has 1 atom stereocenters. The zero-order valence-electron chi connectivity index (χ0n) is 24.0. The van der Waals surface area contributed by atoms with Crippen LogP contribution in [0.2, 0.25) is 5.02 Å². The lowest BCUT2D eigenvalue weighted by atomic mass is 10.0. The van der Waals surface area contributed by atoms with E-state index < -0.39 is 17.6 Å². The molecule has 1 aliphatic heterocycles. The van der Waals surface area contributed by atoms with Crippen molar-refractivity contribution < 1.29 is 22.6 Å². The lowest BCUT2D eigenvalue weighted by Crippen LogP contribution is -2.21. The van der Waals surface area contributed by atoms with Crippen molar-refractivity contribution in [3.8, 4) is 11.5 Å². The molecule has 1 saturated heterocycles. The SMILES string of the molecule is CN(C)C.COc1ccc(CN(Sc2c(F)cc(N3CCC(C4CC4)C3)c(Cl)c2F)c2cccc(F)n2)c(OC)c1. The molecule has 1 aromatic heterocycles. The predicted molar refractivity (Wildman–Crippen MR) is 160 cm³/mol. The van der Waals surface area contributed by atoms with Crippen molar-refractivity contribution in [3.63, 3.8) is 0 Å². The summed E-state index contributed by atoms with van der Waals surface area (Å²) in [5.41, 5.74) is 1.06.